The van der Waals surface area contributed by atoms with Crippen LogP contribution in [0.1, 0.15) is 37.0 Å². The van der Waals surface area contributed by atoms with Crippen molar-refractivity contribution >= 4 is 60.8 Å². The average molecular weight is 553 g/mol. The van der Waals surface area contributed by atoms with Gasteiger partial charge in [0.1, 0.15) is 6.54 Å². The van der Waals surface area contributed by atoms with Gasteiger partial charge in [0.15, 0.2) is 14.6 Å². The van der Waals surface area contributed by atoms with Crippen molar-refractivity contribution < 1.29 is 32.3 Å². The largest absolute Gasteiger partial charge is 0.465 e. The first-order valence-electron chi connectivity index (χ1n) is 11.2. The number of rotatable bonds is 10. The van der Waals surface area contributed by atoms with Crippen LogP contribution in [0.2, 0.25) is 5.02 Å². The Labute approximate surface area is 217 Å². The Kier molecular flexibility index (Phi) is 9.41. The predicted octanol–water partition coefficient (Wildman–Crippen LogP) is 3.78. The van der Waals surface area contributed by atoms with Crippen LogP contribution in [-0.4, -0.2) is 49.8 Å². The van der Waals surface area contributed by atoms with E-state index in [4.69, 9.17) is 21.1 Å². The Bertz CT molecular complexity index is 1440. The van der Waals surface area contributed by atoms with E-state index >= 15 is 0 Å². The van der Waals surface area contributed by atoms with E-state index in [9.17, 15) is 22.8 Å². The summed E-state index contributed by atoms with van der Waals surface area (Å²) in [6.45, 7) is 3.64. The molecule has 3 rings (SSSR count). The van der Waals surface area contributed by atoms with E-state index in [0.717, 1.165) is 11.3 Å². The molecule has 0 aliphatic rings. The van der Waals surface area contributed by atoms with Crippen LogP contribution in [0.3, 0.4) is 0 Å². The summed E-state index contributed by atoms with van der Waals surface area (Å²) in [6, 6.07) is 10.7. The zero-order chi connectivity index (χ0) is 26.3. The molecule has 12 heteroatoms. The average Bonchev–Trinajstić information content (AvgIpc) is 3.15. The van der Waals surface area contributed by atoms with Gasteiger partial charge in [0, 0.05) is 11.4 Å². The van der Waals surface area contributed by atoms with Crippen LogP contribution >= 0.6 is 22.9 Å². The lowest BCUT2D eigenvalue weighted by atomic mass is 10.2. The first kappa shape index (κ1) is 27.6. The fourth-order valence-electron chi connectivity index (χ4n) is 3.32. The molecule has 0 aliphatic carbocycles. The van der Waals surface area contributed by atoms with E-state index in [1.807, 2.05) is 0 Å². The maximum atomic E-state index is 12.6. The van der Waals surface area contributed by atoms with Gasteiger partial charge < -0.3 is 14.0 Å². The normalized spacial score (nSPS) is 12.0. The number of thiazole rings is 1. The van der Waals surface area contributed by atoms with Gasteiger partial charge in [0.05, 0.1) is 39.6 Å². The van der Waals surface area contributed by atoms with Gasteiger partial charge in [-0.15, -0.1) is 0 Å². The first-order chi connectivity index (χ1) is 17.1. The number of ether oxygens (including phenoxy) is 2. The number of esters is 2. The smallest absolute Gasteiger partial charge is 0.338 e. The van der Waals surface area contributed by atoms with Crippen molar-refractivity contribution in [3.8, 4) is 0 Å². The maximum Gasteiger partial charge on any atom is 0.338 e. The van der Waals surface area contributed by atoms with Gasteiger partial charge in [-0.1, -0.05) is 22.9 Å². The molecule has 0 saturated heterocycles. The maximum absolute atomic E-state index is 12.6. The second kappa shape index (κ2) is 12.3. The molecule has 0 saturated carbocycles. The third kappa shape index (κ3) is 7.02. The molecule has 9 nitrogen and oxygen atoms in total. The number of halogens is 1. The molecule has 36 heavy (non-hydrogen) atoms. The summed E-state index contributed by atoms with van der Waals surface area (Å²) in [4.78, 5) is 41.4. The highest BCUT2D eigenvalue weighted by atomic mass is 35.5. The van der Waals surface area contributed by atoms with E-state index in [1.54, 1.807) is 32.0 Å². The van der Waals surface area contributed by atoms with Crippen molar-refractivity contribution in [1.82, 2.24) is 4.57 Å². The summed E-state index contributed by atoms with van der Waals surface area (Å²) < 4.78 is 37.2. The second-order valence-electron chi connectivity index (χ2n) is 7.56. The van der Waals surface area contributed by atoms with E-state index in [2.05, 4.69) is 4.99 Å². The topological polar surface area (TPSA) is 121 Å². The van der Waals surface area contributed by atoms with Crippen LogP contribution in [0, 0.1) is 0 Å². The quantitative estimate of drug-likeness (QED) is 0.351. The standard InChI is InChI=1S/C24H25ClN2O7S2/c1-3-33-22(29)15-27-19-12-7-16(23(30)34-4-2)14-20(19)35-24(27)26-21(28)6-5-13-36(31,32)18-10-8-17(25)9-11-18/h7-12,14H,3-6,13,15H2,1-2H3. The van der Waals surface area contributed by atoms with Crippen LogP contribution < -0.4 is 4.80 Å². The zero-order valence-corrected chi connectivity index (χ0v) is 22.1. The van der Waals surface area contributed by atoms with Crippen LogP contribution in [0.25, 0.3) is 10.2 Å². The molecule has 0 spiro atoms. The lowest BCUT2D eigenvalue weighted by molar-refractivity contribution is -0.143. The number of nitrogens with zero attached hydrogens (tertiary/aromatic N) is 2. The molecule has 0 fully saturated rings. The first-order valence-corrected chi connectivity index (χ1v) is 14.0. The molecule has 0 bridgehead atoms. The number of amides is 1. The third-order valence-corrected chi connectivity index (χ3v) is 8.09. The monoisotopic (exact) mass is 552 g/mol. The van der Waals surface area contributed by atoms with E-state index in [1.165, 1.54) is 28.8 Å². The van der Waals surface area contributed by atoms with E-state index < -0.39 is 27.7 Å². The molecular weight excluding hydrogens is 528 g/mol. The Balaban J connectivity index is 1.84. The van der Waals surface area contributed by atoms with Gasteiger partial charge in [-0.2, -0.15) is 4.99 Å². The van der Waals surface area contributed by atoms with Crippen LogP contribution in [0.15, 0.2) is 52.4 Å². The van der Waals surface area contributed by atoms with Crippen LogP contribution in [-0.2, 0) is 35.4 Å². The minimum absolute atomic E-state index is 0.0725. The van der Waals surface area contributed by atoms with Gasteiger partial charge in [-0.25, -0.2) is 13.2 Å². The summed E-state index contributed by atoms with van der Waals surface area (Å²) in [5, 5.41) is 0.428. The summed E-state index contributed by atoms with van der Waals surface area (Å²) >= 11 is 6.94. The van der Waals surface area contributed by atoms with Crippen molar-refractivity contribution in [2.75, 3.05) is 19.0 Å². The number of sulfone groups is 1. The fourth-order valence-corrected chi connectivity index (χ4v) is 5.85. The fraction of sp³-hybridized carbons (Fsp3) is 0.333. The Morgan fingerprint density at radius 2 is 1.72 bits per heavy atom. The van der Waals surface area contributed by atoms with Crippen molar-refractivity contribution in [2.24, 2.45) is 4.99 Å². The second-order valence-corrected chi connectivity index (χ2v) is 11.1. The lowest BCUT2D eigenvalue weighted by Gasteiger charge is -2.06. The van der Waals surface area contributed by atoms with Crippen LogP contribution in [0.5, 0.6) is 0 Å². The zero-order valence-electron chi connectivity index (χ0n) is 19.7. The van der Waals surface area contributed by atoms with Gasteiger partial charge in [0.25, 0.3) is 0 Å². The highest BCUT2D eigenvalue weighted by Gasteiger charge is 2.17. The number of hydrogen-bond donors (Lipinski definition) is 0. The minimum atomic E-state index is -3.57. The number of carbonyl (C=O) groups is 3. The molecule has 0 aliphatic heterocycles. The van der Waals surface area contributed by atoms with Crippen molar-refractivity contribution in [3.63, 3.8) is 0 Å². The molecule has 0 N–H and O–H groups in total. The third-order valence-electron chi connectivity index (χ3n) is 4.98. The molecule has 1 heterocycles. The molecule has 192 valence electrons. The van der Waals surface area contributed by atoms with Gasteiger partial charge in [-0.05, 0) is 62.7 Å². The SMILES string of the molecule is CCOC(=O)Cn1c(=NC(=O)CCCS(=O)(=O)c2ccc(Cl)cc2)sc2cc(C(=O)OCC)ccc21. The number of aromatic nitrogens is 1. The molecule has 0 atom stereocenters. The summed E-state index contributed by atoms with van der Waals surface area (Å²) in [7, 11) is -3.57. The van der Waals surface area contributed by atoms with Crippen molar-refractivity contribution in [1.29, 1.82) is 0 Å². The molecule has 0 unspecified atom stereocenters. The molecule has 1 amide bonds. The van der Waals surface area contributed by atoms with Crippen LogP contribution in [0.4, 0.5) is 0 Å². The Morgan fingerprint density at radius 1 is 1.03 bits per heavy atom. The van der Waals surface area contributed by atoms with Gasteiger partial charge in [0.2, 0.25) is 5.91 Å². The van der Waals surface area contributed by atoms with E-state index in [0.29, 0.717) is 20.8 Å². The van der Waals surface area contributed by atoms with Crippen molar-refractivity contribution in [3.05, 3.63) is 57.9 Å². The molecule has 0 radical (unpaired) electrons. The molecule has 2 aromatic carbocycles. The number of benzene rings is 2. The highest BCUT2D eigenvalue weighted by Crippen LogP contribution is 2.21. The number of hydrogen-bond acceptors (Lipinski definition) is 8. The summed E-state index contributed by atoms with van der Waals surface area (Å²) in [5.41, 5.74) is 0.928. The lowest BCUT2D eigenvalue weighted by Crippen LogP contribution is -2.23. The molecular formula is C24H25ClN2O7S2. The minimum Gasteiger partial charge on any atom is -0.465 e. The number of fused-ring (bicyclic) bond motifs is 1. The molecule has 3 aromatic rings. The number of carbonyl (C=O) groups excluding carboxylic acids is 3. The predicted molar refractivity (Wildman–Crippen MR) is 136 cm³/mol. The Morgan fingerprint density at radius 3 is 2.39 bits per heavy atom. The highest BCUT2D eigenvalue weighted by molar-refractivity contribution is 7.91. The summed E-state index contributed by atoms with van der Waals surface area (Å²) in [6.07, 6.45) is -0.0301. The van der Waals surface area contributed by atoms with Gasteiger partial charge in [-0.3, -0.25) is 9.59 Å². The van der Waals surface area contributed by atoms with Crippen molar-refractivity contribution in [2.45, 2.75) is 38.1 Å². The van der Waals surface area contributed by atoms with E-state index in [-0.39, 0.29) is 48.0 Å². The Hall–Kier alpha value is -3.02. The summed E-state index contributed by atoms with van der Waals surface area (Å²) in [5.74, 6) is -1.75. The van der Waals surface area contributed by atoms with Gasteiger partial charge >= 0.3 is 11.9 Å². The molecule has 1 aromatic heterocycles.